The van der Waals surface area contributed by atoms with Gasteiger partial charge in [-0.25, -0.2) is 0 Å². The number of aromatic nitrogens is 2. The van der Waals surface area contributed by atoms with Gasteiger partial charge in [0.1, 0.15) is 0 Å². The van der Waals surface area contributed by atoms with Crippen LogP contribution in [0.15, 0.2) is 121 Å². The lowest BCUT2D eigenvalue weighted by molar-refractivity contribution is 0.666. The normalized spacial score (nSPS) is 14.3. The maximum Gasteiger partial charge on any atom is 0.0628 e. The Morgan fingerprint density at radius 3 is 2.00 bits per heavy atom. The van der Waals surface area contributed by atoms with Crippen LogP contribution in [0.4, 0.5) is 0 Å². The summed E-state index contributed by atoms with van der Waals surface area (Å²) < 4.78 is 5.01. The lowest BCUT2D eigenvalue weighted by atomic mass is 9.80. The van der Waals surface area contributed by atoms with E-state index in [1.54, 1.807) is 0 Å². The fraction of sp³-hybridized carbons (Fsp3) is 0.0769. The van der Waals surface area contributed by atoms with Gasteiger partial charge in [-0.2, -0.15) is 0 Å². The molecule has 0 saturated heterocycles. The van der Waals surface area contributed by atoms with E-state index < -0.39 is 0 Å². The second-order valence-electron chi connectivity index (χ2n) is 12.1. The zero-order valence-electron chi connectivity index (χ0n) is 22.9. The smallest absolute Gasteiger partial charge is 0.0628 e. The van der Waals surface area contributed by atoms with E-state index in [9.17, 15) is 0 Å². The largest absolute Gasteiger partial charge is 0.309 e. The van der Waals surface area contributed by atoms with Gasteiger partial charge < -0.3 is 8.97 Å². The predicted molar refractivity (Wildman–Crippen MR) is 173 cm³/mol. The molecule has 3 aromatic heterocycles. The quantitative estimate of drug-likeness (QED) is 0.203. The molecule has 0 radical (unpaired) electrons. The third-order valence-corrected chi connectivity index (χ3v) is 9.80. The van der Waals surface area contributed by atoms with Crippen molar-refractivity contribution in [1.82, 2.24) is 8.97 Å². The van der Waals surface area contributed by atoms with Gasteiger partial charge in [0, 0.05) is 43.4 Å². The van der Waals surface area contributed by atoms with Crippen LogP contribution < -0.4 is 0 Å². The number of rotatable bonds is 1. The van der Waals surface area contributed by atoms with Crippen LogP contribution in [0.3, 0.4) is 0 Å². The molecule has 9 aromatic rings. The van der Waals surface area contributed by atoms with Crippen molar-refractivity contribution in [3.8, 4) is 16.8 Å². The molecule has 0 aliphatic heterocycles. The van der Waals surface area contributed by atoms with Crippen molar-refractivity contribution in [3.63, 3.8) is 0 Å². The number of nitrogens with zero attached hydrogens (tertiary/aromatic N) is 2. The summed E-state index contributed by atoms with van der Waals surface area (Å²) in [5.41, 5.74) is 13.1. The summed E-state index contributed by atoms with van der Waals surface area (Å²) in [5, 5.41) is 8.05. The molecule has 0 fully saturated rings. The van der Waals surface area contributed by atoms with Crippen LogP contribution in [0.1, 0.15) is 25.0 Å². The van der Waals surface area contributed by atoms with Gasteiger partial charge >= 0.3 is 0 Å². The lowest BCUT2D eigenvalue weighted by Crippen LogP contribution is -2.15. The van der Waals surface area contributed by atoms with Crippen molar-refractivity contribution in [3.05, 3.63) is 132 Å². The molecule has 2 heteroatoms. The standard InChI is InChI=1S/C39H26N2/c1-39(2)29-17-9-6-14-24(29)25-20-21-32-35(37(25)39)28-22-33-34(36-27-16-8-11-19-31(27)41(32)38(28)36)26-15-7-10-18-30(26)40(33)23-12-4-3-5-13-23/h3-22H,1-2H3. The third-order valence-electron chi connectivity index (χ3n) is 9.80. The van der Waals surface area contributed by atoms with Gasteiger partial charge in [0.25, 0.3) is 0 Å². The first-order valence-corrected chi connectivity index (χ1v) is 14.5. The van der Waals surface area contributed by atoms with Gasteiger partial charge in [-0.15, -0.1) is 0 Å². The van der Waals surface area contributed by atoms with E-state index in [2.05, 4.69) is 144 Å². The first kappa shape index (κ1) is 21.7. The van der Waals surface area contributed by atoms with E-state index in [4.69, 9.17) is 0 Å². The first-order valence-electron chi connectivity index (χ1n) is 14.5. The van der Waals surface area contributed by atoms with Crippen molar-refractivity contribution >= 4 is 59.9 Å². The highest BCUT2D eigenvalue weighted by Gasteiger charge is 2.38. The Hall–Kier alpha value is -5.08. The van der Waals surface area contributed by atoms with Crippen LogP contribution in [0.25, 0.3) is 76.7 Å². The van der Waals surface area contributed by atoms with E-state index >= 15 is 0 Å². The Morgan fingerprint density at radius 1 is 0.488 bits per heavy atom. The number of hydrogen-bond donors (Lipinski definition) is 0. The van der Waals surface area contributed by atoms with Gasteiger partial charge in [0.15, 0.2) is 0 Å². The maximum atomic E-state index is 2.54. The van der Waals surface area contributed by atoms with Gasteiger partial charge in [0.2, 0.25) is 0 Å². The molecule has 1 aliphatic rings. The summed E-state index contributed by atoms with van der Waals surface area (Å²) in [6.07, 6.45) is 0. The zero-order valence-corrected chi connectivity index (χ0v) is 22.9. The Morgan fingerprint density at radius 2 is 1.17 bits per heavy atom. The highest BCUT2D eigenvalue weighted by Crippen LogP contribution is 2.55. The van der Waals surface area contributed by atoms with Crippen molar-refractivity contribution in [2.45, 2.75) is 19.3 Å². The number of hydrogen-bond acceptors (Lipinski definition) is 0. The number of benzene rings is 6. The highest BCUT2D eigenvalue weighted by atomic mass is 15.0. The second kappa shape index (κ2) is 7.16. The zero-order chi connectivity index (χ0) is 27.0. The Balaban J connectivity index is 1.53. The molecule has 0 N–H and O–H groups in total. The maximum absolute atomic E-state index is 2.54. The molecule has 0 saturated carbocycles. The molecule has 2 nitrogen and oxygen atoms in total. The van der Waals surface area contributed by atoms with Crippen LogP contribution in [-0.4, -0.2) is 8.97 Å². The van der Waals surface area contributed by atoms with E-state index in [-0.39, 0.29) is 5.41 Å². The molecule has 3 heterocycles. The lowest BCUT2D eigenvalue weighted by Gasteiger charge is -2.22. The van der Waals surface area contributed by atoms with Crippen LogP contribution in [0.5, 0.6) is 0 Å². The number of para-hydroxylation sites is 3. The van der Waals surface area contributed by atoms with Crippen LogP contribution >= 0.6 is 0 Å². The Kier molecular flexibility index (Phi) is 3.79. The molecule has 0 spiro atoms. The minimum absolute atomic E-state index is 0.0927. The van der Waals surface area contributed by atoms with Crippen LogP contribution in [0.2, 0.25) is 0 Å². The average molecular weight is 523 g/mol. The van der Waals surface area contributed by atoms with E-state index in [1.807, 2.05) is 0 Å². The molecule has 0 bridgehead atoms. The molecular formula is C39H26N2. The Bertz CT molecular complexity index is 2540. The summed E-state index contributed by atoms with van der Waals surface area (Å²) in [5.74, 6) is 0. The molecule has 10 rings (SSSR count). The summed E-state index contributed by atoms with van der Waals surface area (Å²) >= 11 is 0. The van der Waals surface area contributed by atoms with Gasteiger partial charge in [-0.3, -0.25) is 0 Å². The minimum Gasteiger partial charge on any atom is -0.309 e. The van der Waals surface area contributed by atoms with E-state index in [0.717, 1.165) is 0 Å². The SMILES string of the molecule is CC1(C)c2ccccc2-c2ccc3c(c21)c1cc2c(c4ccccc4n2-c2ccccc2)c2c4ccccc4n3c12. The van der Waals surface area contributed by atoms with Gasteiger partial charge in [-0.1, -0.05) is 98.8 Å². The topological polar surface area (TPSA) is 9.34 Å². The van der Waals surface area contributed by atoms with Crippen molar-refractivity contribution in [2.24, 2.45) is 0 Å². The van der Waals surface area contributed by atoms with Crippen LogP contribution in [-0.2, 0) is 5.41 Å². The van der Waals surface area contributed by atoms with Crippen molar-refractivity contribution in [2.75, 3.05) is 0 Å². The molecule has 41 heavy (non-hydrogen) atoms. The molecule has 0 unspecified atom stereocenters. The predicted octanol–water partition coefficient (Wildman–Crippen LogP) is 10.2. The highest BCUT2D eigenvalue weighted by molar-refractivity contribution is 6.36. The third kappa shape index (κ3) is 2.43. The second-order valence-corrected chi connectivity index (χ2v) is 12.1. The van der Waals surface area contributed by atoms with E-state index in [0.29, 0.717) is 0 Å². The van der Waals surface area contributed by atoms with Crippen LogP contribution in [0, 0.1) is 0 Å². The summed E-state index contributed by atoms with van der Waals surface area (Å²) in [6, 6.07) is 44.9. The molecule has 192 valence electrons. The van der Waals surface area contributed by atoms with Crippen molar-refractivity contribution < 1.29 is 0 Å². The van der Waals surface area contributed by atoms with Gasteiger partial charge in [0.05, 0.1) is 27.6 Å². The Labute approximate surface area is 237 Å². The average Bonchev–Trinajstić information content (AvgIpc) is 3.70. The molecule has 1 aliphatic carbocycles. The summed E-state index contributed by atoms with van der Waals surface area (Å²) in [7, 11) is 0. The van der Waals surface area contributed by atoms with Crippen molar-refractivity contribution in [1.29, 1.82) is 0 Å². The van der Waals surface area contributed by atoms with Gasteiger partial charge in [-0.05, 0) is 58.7 Å². The monoisotopic (exact) mass is 522 g/mol. The fourth-order valence-electron chi connectivity index (χ4n) is 8.23. The number of fused-ring (bicyclic) bond motifs is 14. The molecule has 6 aromatic carbocycles. The van der Waals surface area contributed by atoms with E-state index in [1.165, 1.54) is 87.8 Å². The molecular weight excluding hydrogens is 496 g/mol. The molecule has 0 atom stereocenters. The summed E-state index contributed by atoms with van der Waals surface area (Å²) in [6.45, 7) is 4.81. The molecule has 0 amide bonds. The fourth-order valence-corrected chi connectivity index (χ4v) is 8.23. The first-order chi connectivity index (χ1) is 20.1. The minimum atomic E-state index is -0.0927. The summed E-state index contributed by atoms with van der Waals surface area (Å²) in [4.78, 5) is 0.